The molecule has 6 atom stereocenters. The summed E-state index contributed by atoms with van der Waals surface area (Å²) in [6.07, 6.45) is 5.90. The zero-order valence-corrected chi connectivity index (χ0v) is 18.7. The van der Waals surface area contributed by atoms with Crippen molar-refractivity contribution in [3.63, 3.8) is 0 Å². The molecule has 0 saturated heterocycles. The summed E-state index contributed by atoms with van der Waals surface area (Å²) >= 11 is 9.40. The van der Waals surface area contributed by atoms with E-state index in [0.717, 1.165) is 54.1 Å². The number of rotatable bonds is 5. The monoisotopic (exact) mass is 470 g/mol. The minimum atomic E-state index is -1.01. The third kappa shape index (κ3) is 3.23. The molecule has 4 rings (SSSR count). The summed E-state index contributed by atoms with van der Waals surface area (Å²) in [4.78, 5) is 12.7. The smallest absolute Gasteiger partial charge is 0.139 e. The van der Waals surface area contributed by atoms with E-state index in [1.54, 1.807) is 6.07 Å². The number of carbonyl (C=O) groups is 1. The second-order valence-corrected chi connectivity index (χ2v) is 10.4. The lowest BCUT2D eigenvalue weighted by Gasteiger charge is -2.53. The van der Waals surface area contributed by atoms with Gasteiger partial charge in [0.25, 0.3) is 0 Å². The van der Waals surface area contributed by atoms with E-state index in [-0.39, 0.29) is 29.3 Å². The molecule has 1 aromatic carbocycles. The largest absolute Gasteiger partial charge is 0.507 e. The van der Waals surface area contributed by atoms with Gasteiger partial charge < -0.3 is 5.11 Å². The van der Waals surface area contributed by atoms with Gasteiger partial charge >= 0.3 is 0 Å². The van der Waals surface area contributed by atoms with Gasteiger partial charge in [-0.05, 0) is 83.0 Å². The van der Waals surface area contributed by atoms with E-state index in [4.69, 9.17) is 11.6 Å². The van der Waals surface area contributed by atoms with Gasteiger partial charge in [-0.25, -0.2) is 4.39 Å². The van der Waals surface area contributed by atoms with Crippen LogP contribution in [0.25, 0.3) is 0 Å². The second-order valence-electron chi connectivity index (χ2n) is 9.28. The third-order valence-corrected chi connectivity index (χ3v) is 9.02. The van der Waals surface area contributed by atoms with E-state index in [0.29, 0.717) is 24.6 Å². The van der Waals surface area contributed by atoms with E-state index < -0.39 is 11.6 Å². The molecule has 4 unspecified atom stereocenters. The molecule has 28 heavy (non-hydrogen) atoms. The molecule has 0 spiro atoms. The number of carbonyl (C=O) groups excluding carboxylic acids is 1. The molecule has 0 bridgehead atoms. The first-order valence-corrected chi connectivity index (χ1v) is 11.9. The van der Waals surface area contributed by atoms with Crippen LogP contribution in [0.4, 0.5) is 4.39 Å². The van der Waals surface area contributed by atoms with Crippen molar-refractivity contribution in [1.29, 1.82) is 0 Å². The lowest BCUT2D eigenvalue weighted by atomic mass is 9.51. The van der Waals surface area contributed by atoms with E-state index in [1.165, 1.54) is 0 Å². The van der Waals surface area contributed by atoms with Crippen LogP contribution in [-0.2, 0) is 11.2 Å². The number of aromatic hydroxyl groups is 1. The highest BCUT2D eigenvalue weighted by molar-refractivity contribution is 9.10. The summed E-state index contributed by atoms with van der Waals surface area (Å²) in [5.41, 5.74) is 1.61. The number of hydrogen-bond acceptors (Lipinski definition) is 2. The molecule has 3 aliphatic rings. The third-order valence-electron chi connectivity index (χ3n) is 7.86. The van der Waals surface area contributed by atoms with E-state index in [9.17, 15) is 9.90 Å². The number of phenols is 1. The van der Waals surface area contributed by atoms with Gasteiger partial charge in [0.2, 0.25) is 0 Å². The Morgan fingerprint density at radius 2 is 2.11 bits per heavy atom. The molecular weight excluding hydrogens is 443 g/mol. The molecule has 1 N–H and O–H groups in total. The molecule has 2 saturated carbocycles. The molecule has 0 aliphatic heterocycles. The Hall–Kier alpha value is -0.610. The van der Waals surface area contributed by atoms with Crippen molar-refractivity contribution in [3.8, 4) is 5.75 Å². The van der Waals surface area contributed by atoms with Crippen LogP contribution in [0, 0.1) is 23.2 Å². The number of benzene rings is 1. The molecule has 2 fully saturated rings. The molecule has 0 radical (unpaired) electrons. The SMILES string of the molecule is C[C@]12C[C@H](F)C3c4ccc(O)c(Br)c4CC(CCCCCCl)C3C1CCC2=O. The quantitative estimate of drug-likeness (QED) is 0.390. The van der Waals surface area contributed by atoms with Crippen LogP contribution in [0.2, 0.25) is 0 Å². The van der Waals surface area contributed by atoms with Crippen molar-refractivity contribution in [2.75, 3.05) is 5.88 Å². The molecule has 0 heterocycles. The van der Waals surface area contributed by atoms with Gasteiger partial charge in [0, 0.05) is 23.6 Å². The van der Waals surface area contributed by atoms with Crippen LogP contribution in [0.5, 0.6) is 5.75 Å². The predicted octanol–water partition coefficient (Wildman–Crippen LogP) is 6.55. The summed E-state index contributed by atoms with van der Waals surface area (Å²) in [6.45, 7) is 2.02. The Morgan fingerprint density at radius 1 is 1.32 bits per heavy atom. The van der Waals surface area contributed by atoms with Crippen LogP contribution in [-0.4, -0.2) is 22.9 Å². The molecule has 5 heteroatoms. The summed E-state index contributed by atoms with van der Waals surface area (Å²) in [6, 6.07) is 3.60. The first kappa shape index (κ1) is 20.7. The molecular formula is C23H29BrClFO2. The fourth-order valence-electron chi connectivity index (χ4n) is 6.54. The van der Waals surface area contributed by atoms with Gasteiger partial charge in [-0.3, -0.25) is 4.79 Å². The summed E-state index contributed by atoms with van der Waals surface area (Å²) < 4.78 is 16.4. The average molecular weight is 472 g/mol. The highest BCUT2D eigenvalue weighted by Crippen LogP contribution is 2.62. The van der Waals surface area contributed by atoms with Crippen LogP contribution in [0.3, 0.4) is 0 Å². The van der Waals surface area contributed by atoms with Crippen molar-refractivity contribution in [3.05, 3.63) is 27.7 Å². The predicted molar refractivity (Wildman–Crippen MR) is 114 cm³/mol. The number of halogens is 3. The Bertz CT molecular complexity index is 769. The minimum absolute atomic E-state index is 0.164. The van der Waals surface area contributed by atoms with Crippen molar-refractivity contribution >= 4 is 33.3 Å². The van der Waals surface area contributed by atoms with Gasteiger partial charge in [0.15, 0.2) is 0 Å². The maximum absolute atomic E-state index is 15.7. The summed E-state index contributed by atoms with van der Waals surface area (Å²) in [5.74, 6) is 1.83. The number of unbranched alkanes of at least 4 members (excludes halogenated alkanes) is 2. The van der Waals surface area contributed by atoms with Crippen molar-refractivity contribution in [2.45, 2.75) is 70.4 Å². The second kappa shape index (κ2) is 7.91. The van der Waals surface area contributed by atoms with Crippen LogP contribution in [0.1, 0.15) is 68.9 Å². The Morgan fingerprint density at radius 3 is 2.86 bits per heavy atom. The molecule has 0 aromatic heterocycles. The first-order valence-electron chi connectivity index (χ1n) is 10.6. The van der Waals surface area contributed by atoms with Crippen molar-refractivity contribution in [2.24, 2.45) is 23.2 Å². The van der Waals surface area contributed by atoms with Gasteiger partial charge in [-0.15, -0.1) is 11.6 Å². The zero-order chi connectivity index (χ0) is 20.1. The average Bonchev–Trinajstić information content (AvgIpc) is 2.96. The molecule has 0 amide bonds. The lowest BCUT2D eigenvalue weighted by Crippen LogP contribution is -2.50. The van der Waals surface area contributed by atoms with Crippen LogP contribution >= 0.6 is 27.5 Å². The van der Waals surface area contributed by atoms with Gasteiger partial charge in [-0.2, -0.15) is 0 Å². The Labute approximate surface area is 180 Å². The van der Waals surface area contributed by atoms with Crippen LogP contribution in [0.15, 0.2) is 16.6 Å². The highest BCUT2D eigenvalue weighted by Gasteiger charge is 2.60. The number of ketones is 1. The number of phenolic OH excluding ortho intramolecular Hbond substituents is 1. The normalized spacial score (nSPS) is 36.7. The van der Waals surface area contributed by atoms with Crippen molar-refractivity contribution in [1.82, 2.24) is 0 Å². The van der Waals surface area contributed by atoms with E-state index in [2.05, 4.69) is 15.9 Å². The molecule has 154 valence electrons. The maximum Gasteiger partial charge on any atom is 0.139 e. The van der Waals surface area contributed by atoms with Crippen LogP contribution < -0.4 is 0 Å². The van der Waals surface area contributed by atoms with Gasteiger partial charge in [0.05, 0.1) is 4.47 Å². The van der Waals surface area contributed by atoms with E-state index in [1.807, 2.05) is 13.0 Å². The number of hydrogen-bond donors (Lipinski definition) is 1. The van der Waals surface area contributed by atoms with E-state index >= 15 is 4.39 Å². The summed E-state index contributed by atoms with van der Waals surface area (Å²) in [7, 11) is 0. The summed E-state index contributed by atoms with van der Waals surface area (Å²) in [5, 5.41) is 10.2. The molecule has 1 aromatic rings. The number of alkyl halides is 2. The Balaban J connectivity index is 1.73. The van der Waals surface area contributed by atoms with Gasteiger partial charge in [-0.1, -0.05) is 25.8 Å². The standard InChI is InChI=1S/C23H29BrClFO2/c1-23-12-17(26)21-14-6-8-18(27)22(24)15(14)11-13(5-3-2-4-10-25)20(21)16(23)7-9-19(23)28/h6,8,13,16-17,20-21,27H,2-5,7,9-12H2,1H3/t13?,16?,17-,20?,21?,23-/m0/s1. The van der Waals surface area contributed by atoms with Gasteiger partial charge in [0.1, 0.15) is 17.7 Å². The number of Topliss-reactive ketones (excluding diaryl/α,β-unsaturated/α-hetero) is 1. The topological polar surface area (TPSA) is 37.3 Å². The van der Waals surface area contributed by atoms with Crippen molar-refractivity contribution < 1.29 is 14.3 Å². The fraction of sp³-hybridized carbons (Fsp3) is 0.696. The lowest BCUT2D eigenvalue weighted by molar-refractivity contribution is -0.132. The minimum Gasteiger partial charge on any atom is -0.507 e. The maximum atomic E-state index is 15.7. The first-order chi connectivity index (χ1) is 13.4. The molecule has 2 nitrogen and oxygen atoms in total. The highest BCUT2D eigenvalue weighted by atomic mass is 79.9. The Kier molecular flexibility index (Phi) is 5.83. The fourth-order valence-corrected chi connectivity index (χ4v) is 7.25. The zero-order valence-electron chi connectivity index (χ0n) is 16.4. The molecule has 3 aliphatic carbocycles. The number of fused-ring (bicyclic) bond motifs is 5.